The average Bonchev–Trinajstić information content (AvgIpc) is 2.83. The Labute approximate surface area is 183 Å². The lowest BCUT2D eigenvalue weighted by atomic mass is 10.1. The summed E-state index contributed by atoms with van der Waals surface area (Å²) in [6.45, 7) is 3.54. The van der Waals surface area contributed by atoms with Crippen LogP contribution in [0.25, 0.3) is 11.3 Å². The number of benzene rings is 2. The van der Waals surface area contributed by atoms with Gasteiger partial charge in [-0.2, -0.15) is 5.10 Å². The van der Waals surface area contributed by atoms with Gasteiger partial charge in [-0.15, -0.1) is 0 Å². The Morgan fingerprint density at radius 1 is 0.875 bits per heavy atom. The number of carbonyl (C=O) groups is 1. The van der Waals surface area contributed by atoms with Gasteiger partial charge in [0, 0.05) is 23.4 Å². The molecule has 0 radical (unpaired) electrons. The highest BCUT2D eigenvalue weighted by atomic mass is 16.6. The zero-order valence-corrected chi connectivity index (χ0v) is 17.4. The van der Waals surface area contributed by atoms with Crippen LogP contribution in [0.1, 0.15) is 13.0 Å². The minimum atomic E-state index is -0.840. The van der Waals surface area contributed by atoms with Crippen molar-refractivity contribution in [3.8, 4) is 34.3 Å². The highest BCUT2D eigenvalue weighted by Gasteiger charge is 2.20. The summed E-state index contributed by atoms with van der Waals surface area (Å²) in [5.74, 6) is 2.11. The van der Waals surface area contributed by atoms with Crippen molar-refractivity contribution in [2.75, 3.05) is 31.7 Å². The molecule has 9 nitrogen and oxygen atoms in total. The Morgan fingerprint density at radius 2 is 1.50 bits per heavy atom. The van der Waals surface area contributed by atoms with Gasteiger partial charge in [0.2, 0.25) is 5.91 Å². The van der Waals surface area contributed by atoms with E-state index in [-0.39, 0.29) is 11.5 Å². The molecule has 0 spiro atoms. The molecule has 164 valence electrons. The maximum absolute atomic E-state index is 12.9. The molecule has 3 heterocycles. The fourth-order valence-corrected chi connectivity index (χ4v) is 3.54. The molecule has 2 aliphatic rings. The zero-order chi connectivity index (χ0) is 22.1. The van der Waals surface area contributed by atoms with Crippen LogP contribution in [0.2, 0.25) is 0 Å². The van der Waals surface area contributed by atoms with Gasteiger partial charge in [0.05, 0.1) is 5.69 Å². The number of fused-ring (bicyclic) bond motifs is 2. The van der Waals surface area contributed by atoms with E-state index in [9.17, 15) is 9.59 Å². The van der Waals surface area contributed by atoms with Gasteiger partial charge < -0.3 is 24.3 Å². The van der Waals surface area contributed by atoms with Gasteiger partial charge >= 0.3 is 0 Å². The van der Waals surface area contributed by atoms with Crippen molar-refractivity contribution in [3.05, 3.63) is 58.9 Å². The molecular weight excluding hydrogens is 414 g/mol. The number of ether oxygens (including phenoxy) is 4. The van der Waals surface area contributed by atoms with Gasteiger partial charge in [0.15, 0.2) is 23.0 Å². The molecule has 32 heavy (non-hydrogen) atoms. The molecule has 1 amide bonds. The van der Waals surface area contributed by atoms with E-state index in [1.165, 1.54) is 10.7 Å². The summed E-state index contributed by atoms with van der Waals surface area (Å²) in [7, 11) is 0. The first-order chi connectivity index (χ1) is 15.6. The highest BCUT2D eigenvalue weighted by Crippen LogP contribution is 2.34. The number of anilines is 1. The first-order valence-electron chi connectivity index (χ1n) is 10.3. The summed E-state index contributed by atoms with van der Waals surface area (Å²) < 4.78 is 23.4. The second-order valence-corrected chi connectivity index (χ2v) is 7.38. The monoisotopic (exact) mass is 435 g/mol. The number of hydrogen-bond acceptors (Lipinski definition) is 7. The molecule has 0 bridgehead atoms. The third kappa shape index (κ3) is 3.84. The van der Waals surface area contributed by atoms with Crippen LogP contribution in [0.4, 0.5) is 5.69 Å². The van der Waals surface area contributed by atoms with Crippen LogP contribution >= 0.6 is 0 Å². The minimum Gasteiger partial charge on any atom is -0.486 e. The lowest BCUT2D eigenvalue weighted by Crippen LogP contribution is -2.33. The first-order valence-corrected chi connectivity index (χ1v) is 10.3. The molecule has 0 fully saturated rings. The van der Waals surface area contributed by atoms with E-state index >= 15 is 0 Å². The summed E-state index contributed by atoms with van der Waals surface area (Å²) >= 11 is 0. The van der Waals surface area contributed by atoms with Crippen LogP contribution in [-0.2, 0) is 4.79 Å². The lowest BCUT2D eigenvalue weighted by molar-refractivity contribution is -0.119. The van der Waals surface area contributed by atoms with Crippen LogP contribution in [0.3, 0.4) is 0 Å². The summed E-state index contributed by atoms with van der Waals surface area (Å²) in [6, 6.07) is 12.8. The van der Waals surface area contributed by atoms with Crippen molar-refractivity contribution >= 4 is 11.6 Å². The third-order valence-electron chi connectivity index (χ3n) is 5.22. The highest BCUT2D eigenvalue weighted by molar-refractivity contribution is 5.93. The number of rotatable bonds is 4. The van der Waals surface area contributed by atoms with Crippen LogP contribution in [-0.4, -0.2) is 42.1 Å². The molecule has 5 rings (SSSR count). The fraction of sp³-hybridized carbons (Fsp3) is 0.261. The minimum absolute atomic E-state index is 0.379. The quantitative estimate of drug-likeness (QED) is 0.672. The number of aromatic nitrogens is 2. The predicted molar refractivity (Wildman–Crippen MR) is 116 cm³/mol. The number of nitrogens with zero attached hydrogens (tertiary/aromatic N) is 2. The Hall–Kier alpha value is -4.01. The zero-order valence-electron chi connectivity index (χ0n) is 17.4. The van der Waals surface area contributed by atoms with Crippen molar-refractivity contribution in [1.29, 1.82) is 0 Å². The lowest BCUT2D eigenvalue weighted by Gasteiger charge is -2.20. The van der Waals surface area contributed by atoms with Gasteiger partial charge in [0.25, 0.3) is 5.56 Å². The Balaban J connectivity index is 1.38. The summed E-state index contributed by atoms with van der Waals surface area (Å²) in [5, 5.41) is 7.23. The van der Waals surface area contributed by atoms with Gasteiger partial charge in [-0.05, 0) is 43.3 Å². The molecule has 1 atom stereocenters. The van der Waals surface area contributed by atoms with E-state index in [0.717, 1.165) is 5.56 Å². The molecule has 3 aromatic rings. The first kappa shape index (κ1) is 19.9. The molecule has 0 aliphatic carbocycles. The number of hydrogen-bond donors (Lipinski definition) is 1. The van der Waals surface area contributed by atoms with Crippen LogP contribution in [0.15, 0.2) is 53.3 Å². The summed E-state index contributed by atoms with van der Waals surface area (Å²) in [4.78, 5) is 25.3. The average molecular weight is 435 g/mol. The molecule has 9 heteroatoms. The maximum atomic E-state index is 12.9. The van der Waals surface area contributed by atoms with Gasteiger partial charge in [-0.3, -0.25) is 9.59 Å². The van der Waals surface area contributed by atoms with E-state index < -0.39 is 6.04 Å². The molecular formula is C23H21N3O6. The van der Waals surface area contributed by atoms with Gasteiger partial charge in [0.1, 0.15) is 32.5 Å². The molecule has 2 aliphatic heterocycles. The Kier molecular flexibility index (Phi) is 5.14. The maximum Gasteiger partial charge on any atom is 0.267 e. The molecule has 0 saturated heterocycles. The van der Waals surface area contributed by atoms with Crippen LogP contribution < -0.4 is 29.8 Å². The third-order valence-corrected chi connectivity index (χ3v) is 5.22. The SMILES string of the molecule is C[C@H](C(=O)Nc1ccc2c(c1)OCCO2)n1nc(-c2ccc3c(c2)OCCO3)ccc1=O. The van der Waals surface area contributed by atoms with Crippen molar-refractivity contribution < 1.29 is 23.7 Å². The van der Waals surface area contributed by atoms with Gasteiger partial charge in [-0.25, -0.2) is 4.68 Å². The van der Waals surface area contributed by atoms with Crippen molar-refractivity contribution in [2.45, 2.75) is 13.0 Å². The topological polar surface area (TPSA) is 101 Å². The van der Waals surface area contributed by atoms with Crippen molar-refractivity contribution in [3.63, 3.8) is 0 Å². The number of amides is 1. The van der Waals surface area contributed by atoms with Crippen LogP contribution in [0, 0.1) is 0 Å². The van der Waals surface area contributed by atoms with Crippen LogP contribution in [0.5, 0.6) is 23.0 Å². The van der Waals surface area contributed by atoms with E-state index in [0.29, 0.717) is 60.8 Å². The normalized spacial score (nSPS) is 15.0. The predicted octanol–water partition coefficient (Wildman–Crippen LogP) is 2.65. The van der Waals surface area contributed by atoms with Crippen molar-refractivity contribution in [2.24, 2.45) is 0 Å². The van der Waals surface area contributed by atoms with E-state index in [1.54, 1.807) is 37.3 Å². The fourth-order valence-electron chi connectivity index (χ4n) is 3.54. The second-order valence-electron chi connectivity index (χ2n) is 7.38. The summed E-state index contributed by atoms with van der Waals surface area (Å²) in [6.07, 6.45) is 0. The smallest absolute Gasteiger partial charge is 0.267 e. The molecule has 1 aromatic heterocycles. The Morgan fingerprint density at radius 3 is 2.22 bits per heavy atom. The van der Waals surface area contributed by atoms with E-state index in [1.807, 2.05) is 12.1 Å². The van der Waals surface area contributed by atoms with E-state index in [4.69, 9.17) is 18.9 Å². The number of nitrogens with one attached hydrogen (secondary N) is 1. The van der Waals surface area contributed by atoms with Crippen molar-refractivity contribution in [1.82, 2.24) is 9.78 Å². The Bertz CT molecular complexity index is 1240. The standard InChI is InChI=1S/C23H21N3O6/c1-14(23(28)24-16-3-6-19-21(13-16)32-11-9-30-19)26-22(27)7-4-17(25-26)15-2-5-18-20(12-15)31-10-8-29-18/h2-7,12-14H,8-11H2,1H3,(H,24,28)/t14-/m1/s1. The van der Waals surface area contributed by atoms with E-state index in [2.05, 4.69) is 10.4 Å². The molecule has 2 aromatic carbocycles. The van der Waals surface area contributed by atoms with Gasteiger partial charge in [-0.1, -0.05) is 0 Å². The molecule has 0 saturated carbocycles. The second kappa shape index (κ2) is 8.26. The molecule has 1 N–H and O–H groups in total. The largest absolute Gasteiger partial charge is 0.486 e. The molecule has 0 unspecified atom stereocenters. The summed E-state index contributed by atoms with van der Waals surface area (Å²) in [5.41, 5.74) is 1.46. The number of carbonyl (C=O) groups excluding carboxylic acids is 1.